The van der Waals surface area contributed by atoms with Crippen LogP contribution in [0.4, 0.5) is 0 Å². The molecule has 1 N–H and O–H groups in total. The second kappa shape index (κ2) is 6.82. The SMILES string of the molecule is CCc1ccc(C#Cc2cc(CO)c3c(c2)C(C)(C)CC(C)(C)O3)cc1. The molecule has 1 heterocycles. The Morgan fingerprint density at radius 3 is 2.27 bits per heavy atom. The van der Waals surface area contributed by atoms with Crippen molar-refractivity contribution >= 4 is 0 Å². The summed E-state index contributed by atoms with van der Waals surface area (Å²) < 4.78 is 6.21. The van der Waals surface area contributed by atoms with Crippen LogP contribution in [0, 0.1) is 11.8 Å². The maximum Gasteiger partial charge on any atom is 0.129 e. The zero-order chi connectivity index (χ0) is 18.9. The average molecular weight is 348 g/mol. The van der Waals surface area contributed by atoms with Gasteiger partial charge in [0.15, 0.2) is 0 Å². The summed E-state index contributed by atoms with van der Waals surface area (Å²) in [5.74, 6) is 7.33. The number of ether oxygens (including phenoxy) is 1. The van der Waals surface area contributed by atoms with Gasteiger partial charge in [-0.3, -0.25) is 0 Å². The molecule has 0 spiro atoms. The van der Waals surface area contributed by atoms with E-state index in [-0.39, 0.29) is 17.6 Å². The maximum atomic E-state index is 9.87. The number of aliphatic hydroxyl groups is 1. The van der Waals surface area contributed by atoms with Crippen LogP contribution in [0.25, 0.3) is 0 Å². The van der Waals surface area contributed by atoms with E-state index in [1.54, 1.807) is 0 Å². The predicted octanol–water partition coefficient (Wildman–Crippen LogP) is 4.98. The normalized spacial score (nSPS) is 16.8. The van der Waals surface area contributed by atoms with Crippen molar-refractivity contribution in [2.45, 2.75) is 65.1 Å². The summed E-state index contributed by atoms with van der Waals surface area (Å²) in [7, 11) is 0. The van der Waals surface area contributed by atoms with E-state index in [1.807, 2.05) is 6.07 Å². The fourth-order valence-corrected chi connectivity index (χ4v) is 3.94. The van der Waals surface area contributed by atoms with Crippen molar-refractivity contribution in [1.29, 1.82) is 0 Å². The lowest BCUT2D eigenvalue weighted by Crippen LogP contribution is -2.41. The first-order valence-electron chi connectivity index (χ1n) is 9.32. The van der Waals surface area contributed by atoms with Crippen LogP contribution < -0.4 is 4.74 Å². The van der Waals surface area contributed by atoms with Crippen molar-refractivity contribution in [3.63, 3.8) is 0 Å². The van der Waals surface area contributed by atoms with Crippen LogP contribution in [0.1, 0.15) is 68.9 Å². The van der Waals surface area contributed by atoms with E-state index in [0.717, 1.165) is 40.8 Å². The van der Waals surface area contributed by atoms with Gasteiger partial charge in [-0.1, -0.05) is 44.7 Å². The molecule has 136 valence electrons. The van der Waals surface area contributed by atoms with E-state index in [0.29, 0.717) is 0 Å². The van der Waals surface area contributed by atoms with Crippen LogP contribution in [0.3, 0.4) is 0 Å². The zero-order valence-electron chi connectivity index (χ0n) is 16.4. The summed E-state index contributed by atoms with van der Waals surface area (Å²) in [6.45, 7) is 10.8. The number of fused-ring (bicyclic) bond motifs is 1. The molecule has 0 saturated heterocycles. The standard InChI is InChI=1S/C24H28O2/c1-6-17-7-9-18(10-8-17)11-12-19-13-20(15-25)22-21(14-19)23(2,3)16-24(4,5)26-22/h7-10,13-14,25H,6,15-16H2,1-5H3. The molecule has 26 heavy (non-hydrogen) atoms. The largest absolute Gasteiger partial charge is 0.487 e. The molecule has 0 aliphatic carbocycles. The highest BCUT2D eigenvalue weighted by Crippen LogP contribution is 2.46. The third-order valence-electron chi connectivity index (χ3n) is 5.02. The second-order valence-corrected chi connectivity index (χ2v) is 8.39. The monoisotopic (exact) mass is 348 g/mol. The topological polar surface area (TPSA) is 29.5 Å². The smallest absolute Gasteiger partial charge is 0.129 e. The zero-order valence-corrected chi connectivity index (χ0v) is 16.4. The van der Waals surface area contributed by atoms with E-state index < -0.39 is 0 Å². The third-order valence-corrected chi connectivity index (χ3v) is 5.02. The Morgan fingerprint density at radius 2 is 1.65 bits per heavy atom. The van der Waals surface area contributed by atoms with E-state index in [2.05, 4.69) is 76.8 Å². The Bertz CT molecular complexity index is 862. The van der Waals surface area contributed by atoms with Crippen LogP contribution >= 0.6 is 0 Å². The van der Waals surface area contributed by atoms with Gasteiger partial charge in [0.2, 0.25) is 0 Å². The molecule has 0 atom stereocenters. The number of aliphatic hydroxyl groups excluding tert-OH is 1. The van der Waals surface area contributed by atoms with Gasteiger partial charge in [-0.25, -0.2) is 0 Å². The van der Waals surface area contributed by atoms with Crippen molar-refractivity contribution in [3.05, 3.63) is 64.2 Å². The molecule has 1 aliphatic heterocycles. The lowest BCUT2D eigenvalue weighted by Gasteiger charge is -2.43. The van der Waals surface area contributed by atoms with Crippen molar-refractivity contribution in [3.8, 4) is 17.6 Å². The molecule has 2 heteroatoms. The van der Waals surface area contributed by atoms with Gasteiger partial charge in [-0.05, 0) is 61.9 Å². The number of benzene rings is 2. The Morgan fingerprint density at radius 1 is 1.00 bits per heavy atom. The van der Waals surface area contributed by atoms with Gasteiger partial charge < -0.3 is 9.84 Å². The fraction of sp³-hybridized carbons (Fsp3) is 0.417. The maximum absolute atomic E-state index is 9.87. The molecule has 0 saturated carbocycles. The van der Waals surface area contributed by atoms with Gasteiger partial charge >= 0.3 is 0 Å². The van der Waals surface area contributed by atoms with Crippen molar-refractivity contribution in [2.75, 3.05) is 0 Å². The number of hydrogen-bond donors (Lipinski definition) is 1. The summed E-state index contributed by atoms with van der Waals surface area (Å²) in [5, 5.41) is 9.87. The highest BCUT2D eigenvalue weighted by Gasteiger charge is 2.40. The lowest BCUT2D eigenvalue weighted by atomic mass is 9.72. The highest BCUT2D eigenvalue weighted by atomic mass is 16.5. The van der Waals surface area contributed by atoms with Crippen LogP contribution in [0.2, 0.25) is 0 Å². The van der Waals surface area contributed by atoms with Gasteiger partial charge in [0.1, 0.15) is 11.4 Å². The molecule has 0 fully saturated rings. The molecule has 2 aromatic carbocycles. The number of aryl methyl sites for hydroxylation is 1. The van der Waals surface area contributed by atoms with Gasteiger partial charge in [0.05, 0.1) is 6.61 Å². The average Bonchev–Trinajstić information content (AvgIpc) is 2.58. The van der Waals surface area contributed by atoms with Gasteiger partial charge in [0, 0.05) is 22.3 Å². The molecule has 0 unspecified atom stereocenters. The minimum atomic E-state index is -0.241. The first-order valence-corrected chi connectivity index (χ1v) is 9.32. The predicted molar refractivity (Wildman–Crippen MR) is 107 cm³/mol. The summed E-state index contributed by atoms with van der Waals surface area (Å²) in [6.07, 6.45) is 1.96. The summed E-state index contributed by atoms with van der Waals surface area (Å²) in [6, 6.07) is 12.4. The fourth-order valence-electron chi connectivity index (χ4n) is 3.94. The molecule has 2 nitrogen and oxygen atoms in total. The van der Waals surface area contributed by atoms with Crippen LogP contribution in [0.15, 0.2) is 36.4 Å². The summed E-state index contributed by atoms with van der Waals surface area (Å²) in [5.41, 5.74) is 4.91. The number of hydrogen-bond acceptors (Lipinski definition) is 2. The van der Waals surface area contributed by atoms with Gasteiger partial charge in [0.25, 0.3) is 0 Å². The minimum Gasteiger partial charge on any atom is -0.487 e. The van der Waals surface area contributed by atoms with Gasteiger partial charge in [-0.15, -0.1) is 0 Å². The molecule has 0 radical (unpaired) electrons. The van der Waals surface area contributed by atoms with E-state index >= 15 is 0 Å². The third kappa shape index (κ3) is 3.79. The molecule has 0 bridgehead atoms. The van der Waals surface area contributed by atoms with Crippen molar-refractivity contribution in [2.24, 2.45) is 0 Å². The van der Waals surface area contributed by atoms with Gasteiger partial charge in [-0.2, -0.15) is 0 Å². The number of rotatable bonds is 2. The quantitative estimate of drug-likeness (QED) is 0.776. The van der Waals surface area contributed by atoms with Crippen molar-refractivity contribution in [1.82, 2.24) is 0 Å². The first-order chi connectivity index (χ1) is 12.2. The van der Waals surface area contributed by atoms with Crippen molar-refractivity contribution < 1.29 is 9.84 Å². The Hall–Kier alpha value is -2.24. The molecular weight excluding hydrogens is 320 g/mol. The van der Waals surface area contributed by atoms with Crippen LogP contribution in [-0.4, -0.2) is 10.7 Å². The molecule has 0 aromatic heterocycles. The summed E-state index contributed by atoms with van der Waals surface area (Å²) >= 11 is 0. The Balaban J connectivity index is 2.02. The van der Waals surface area contributed by atoms with E-state index in [9.17, 15) is 5.11 Å². The minimum absolute atomic E-state index is 0.0263. The summed E-state index contributed by atoms with van der Waals surface area (Å²) in [4.78, 5) is 0. The molecular formula is C24H28O2. The van der Waals surface area contributed by atoms with Crippen LogP contribution in [0.5, 0.6) is 5.75 Å². The highest BCUT2D eigenvalue weighted by molar-refractivity contribution is 5.55. The van der Waals surface area contributed by atoms with E-state index in [1.165, 1.54) is 5.56 Å². The first kappa shape index (κ1) is 18.5. The lowest BCUT2D eigenvalue weighted by molar-refractivity contribution is 0.0505. The molecule has 3 rings (SSSR count). The second-order valence-electron chi connectivity index (χ2n) is 8.39. The van der Waals surface area contributed by atoms with Crippen LogP contribution in [-0.2, 0) is 18.4 Å². The molecule has 2 aromatic rings. The molecule has 0 amide bonds. The molecule has 1 aliphatic rings. The van der Waals surface area contributed by atoms with E-state index in [4.69, 9.17) is 4.74 Å². The Labute approximate surface area is 157 Å². The Kier molecular flexibility index (Phi) is 4.86.